The second-order valence-corrected chi connectivity index (χ2v) is 9.39. The van der Waals surface area contributed by atoms with Crippen molar-refractivity contribution in [3.8, 4) is 0 Å². The van der Waals surface area contributed by atoms with E-state index in [2.05, 4.69) is 6.07 Å². The number of benzene rings is 2. The lowest BCUT2D eigenvalue weighted by Crippen LogP contribution is -2.39. The summed E-state index contributed by atoms with van der Waals surface area (Å²) in [6.45, 7) is 2.06. The molecule has 2 aliphatic heterocycles. The highest BCUT2D eigenvalue weighted by Crippen LogP contribution is 2.34. The summed E-state index contributed by atoms with van der Waals surface area (Å²) in [6.07, 6.45) is 3.35. The highest BCUT2D eigenvalue weighted by atomic mass is 35.5. The largest absolute Gasteiger partial charge is 0.338 e. The fourth-order valence-corrected chi connectivity index (χ4v) is 5.68. The number of likely N-dealkylation sites (tertiary alicyclic amines) is 1. The highest BCUT2D eigenvalue weighted by molar-refractivity contribution is 7.18. The molecule has 0 N–H and O–H groups in total. The first-order chi connectivity index (χ1) is 14.6. The molecule has 0 spiro atoms. The van der Waals surface area contributed by atoms with Crippen LogP contribution in [-0.2, 0) is 4.79 Å². The lowest BCUT2D eigenvalue weighted by atomic mass is 9.98. The molecule has 1 aromatic heterocycles. The van der Waals surface area contributed by atoms with Crippen LogP contribution >= 0.6 is 22.9 Å². The maximum absolute atomic E-state index is 13.3. The number of rotatable bonds is 3. The molecule has 2 fully saturated rings. The van der Waals surface area contributed by atoms with E-state index in [9.17, 15) is 9.59 Å². The average molecular weight is 440 g/mol. The molecule has 5 rings (SSSR count). The average Bonchev–Trinajstić information content (AvgIpc) is 3.40. The van der Waals surface area contributed by atoms with E-state index in [-0.39, 0.29) is 17.7 Å². The van der Waals surface area contributed by atoms with Gasteiger partial charge in [-0.2, -0.15) is 0 Å². The molecule has 3 aromatic rings. The standard InChI is InChI=1S/C23H22ClN3O2S/c24-17-10-9-15(13-19(17)27-12-4-8-21(27)28)23(29)26-11-3-5-16(14-26)22-25-18-6-1-2-7-20(18)30-22/h1-2,6-7,9-10,13,16H,3-5,8,11-12,14H2. The van der Waals surface area contributed by atoms with E-state index in [0.29, 0.717) is 35.8 Å². The third-order valence-corrected chi connectivity index (χ3v) is 7.44. The van der Waals surface area contributed by atoms with E-state index in [1.165, 1.54) is 4.70 Å². The smallest absolute Gasteiger partial charge is 0.253 e. The highest BCUT2D eigenvalue weighted by Gasteiger charge is 2.29. The fourth-order valence-electron chi connectivity index (χ4n) is 4.37. The van der Waals surface area contributed by atoms with Crippen molar-refractivity contribution in [2.24, 2.45) is 0 Å². The Bertz CT molecular complexity index is 1100. The van der Waals surface area contributed by atoms with Crippen molar-refractivity contribution in [3.05, 3.63) is 58.1 Å². The molecule has 7 heteroatoms. The Morgan fingerprint density at radius 2 is 2.00 bits per heavy atom. The summed E-state index contributed by atoms with van der Waals surface area (Å²) in [5, 5.41) is 1.61. The Hall–Kier alpha value is -2.44. The first kappa shape index (κ1) is 19.5. The minimum absolute atomic E-state index is 0.00891. The van der Waals surface area contributed by atoms with Crippen LogP contribution < -0.4 is 4.90 Å². The van der Waals surface area contributed by atoms with Gasteiger partial charge >= 0.3 is 0 Å². The third-order valence-electron chi connectivity index (χ3n) is 5.93. The summed E-state index contributed by atoms with van der Waals surface area (Å²) in [5.74, 6) is 0.313. The van der Waals surface area contributed by atoms with Crippen molar-refractivity contribution in [1.82, 2.24) is 9.88 Å². The van der Waals surface area contributed by atoms with Gasteiger partial charge < -0.3 is 9.80 Å². The van der Waals surface area contributed by atoms with Gasteiger partial charge in [0.05, 0.1) is 25.9 Å². The summed E-state index contributed by atoms with van der Waals surface area (Å²) in [4.78, 5) is 33.8. The lowest BCUT2D eigenvalue weighted by molar-refractivity contribution is -0.117. The van der Waals surface area contributed by atoms with Gasteiger partial charge in [-0.3, -0.25) is 9.59 Å². The number of fused-ring (bicyclic) bond motifs is 1. The molecule has 3 heterocycles. The zero-order chi connectivity index (χ0) is 20.7. The van der Waals surface area contributed by atoms with Gasteiger partial charge in [0.25, 0.3) is 5.91 Å². The molecule has 2 aliphatic rings. The summed E-state index contributed by atoms with van der Waals surface area (Å²) < 4.78 is 1.19. The Morgan fingerprint density at radius 3 is 2.80 bits per heavy atom. The van der Waals surface area contributed by atoms with Gasteiger partial charge in [-0.15, -0.1) is 11.3 Å². The predicted octanol–water partition coefficient (Wildman–Crippen LogP) is 5.10. The number of hydrogen-bond donors (Lipinski definition) is 0. The number of piperidine rings is 1. The predicted molar refractivity (Wildman–Crippen MR) is 121 cm³/mol. The van der Waals surface area contributed by atoms with Crippen LogP contribution in [0.5, 0.6) is 0 Å². The molecular weight excluding hydrogens is 418 g/mol. The number of para-hydroxylation sites is 1. The van der Waals surface area contributed by atoms with Crippen molar-refractivity contribution in [1.29, 1.82) is 0 Å². The van der Waals surface area contributed by atoms with Gasteiger partial charge in [0.15, 0.2) is 0 Å². The molecule has 30 heavy (non-hydrogen) atoms. The Kier molecular flexibility index (Phi) is 5.21. The maximum atomic E-state index is 13.3. The molecule has 0 aliphatic carbocycles. The van der Waals surface area contributed by atoms with Crippen molar-refractivity contribution in [3.63, 3.8) is 0 Å². The van der Waals surface area contributed by atoms with E-state index >= 15 is 0 Å². The minimum Gasteiger partial charge on any atom is -0.338 e. The van der Waals surface area contributed by atoms with E-state index < -0.39 is 0 Å². The van der Waals surface area contributed by atoms with E-state index in [1.807, 2.05) is 23.1 Å². The van der Waals surface area contributed by atoms with Gasteiger partial charge in [0.1, 0.15) is 0 Å². The number of amides is 2. The molecule has 154 valence electrons. The molecule has 0 saturated carbocycles. The summed E-state index contributed by atoms with van der Waals surface area (Å²) in [6, 6.07) is 13.4. The molecule has 2 amide bonds. The second-order valence-electron chi connectivity index (χ2n) is 7.93. The van der Waals surface area contributed by atoms with Crippen LogP contribution in [-0.4, -0.2) is 41.3 Å². The molecule has 2 aromatic carbocycles. The molecule has 0 bridgehead atoms. The number of halogens is 1. The number of hydrogen-bond acceptors (Lipinski definition) is 4. The molecule has 1 unspecified atom stereocenters. The normalized spacial score (nSPS) is 19.6. The van der Waals surface area contributed by atoms with Crippen LogP contribution in [0.3, 0.4) is 0 Å². The van der Waals surface area contributed by atoms with Crippen molar-refractivity contribution in [2.75, 3.05) is 24.5 Å². The molecule has 5 nitrogen and oxygen atoms in total. The fraction of sp³-hybridized carbons (Fsp3) is 0.348. The van der Waals surface area contributed by atoms with Gasteiger partial charge in [0, 0.05) is 37.5 Å². The molecule has 2 saturated heterocycles. The molecule has 1 atom stereocenters. The number of carbonyl (C=O) groups excluding carboxylic acids is 2. The van der Waals surface area contributed by atoms with E-state index in [0.717, 1.165) is 36.3 Å². The second kappa shape index (κ2) is 8.00. The van der Waals surface area contributed by atoms with Crippen molar-refractivity contribution < 1.29 is 9.59 Å². The molecule has 0 radical (unpaired) electrons. The van der Waals surface area contributed by atoms with E-state index in [4.69, 9.17) is 16.6 Å². The number of carbonyl (C=O) groups is 2. The summed E-state index contributed by atoms with van der Waals surface area (Å²) in [7, 11) is 0. The van der Waals surface area contributed by atoms with Crippen molar-refractivity contribution in [2.45, 2.75) is 31.6 Å². The number of anilines is 1. The van der Waals surface area contributed by atoms with Gasteiger partial charge in [-0.05, 0) is 49.6 Å². The van der Waals surface area contributed by atoms with Gasteiger partial charge in [-0.1, -0.05) is 23.7 Å². The van der Waals surface area contributed by atoms with Crippen LogP contribution in [0.1, 0.15) is 47.0 Å². The SMILES string of the molecule is O=C(c1ccc(Cl)c(N2CCCC2=O)c1)N1CCCC(c2nc3ccccc3s2)C1. The van der Waals surface area contributed by atoms with Crippen LogP contribution in [0.2, 0.25) is 5.02 Å². The quantitative estimate of drug-likeness (QED) is 0.570. The van der Waals surface area contributed by atoms with Crippen LogP contribution in [0.4, 0.5) is 5.69 Å². The third kappa shape index (κ3) is 3.59. The molecular formula is C23H22ClN3O2S. The van der Waals surface area contributed by atoms with E-state index in [1.54, 1.807) is 34.4 Å². The van der Waals surface area contributed by atoms with Crippen LogP contribution in [0, 0.1) is 0 Å². The first-order valence-electron chi connectivity index (χ1n) is 10.3. The number of aromatic nitrogens is 1. The van der Waals surface area contributed by atoms with Crippen LogP contribution in [0.15, 0.2) is 42.5 Å². The summed E-state index contributed by atoms with van der Waals surface area (Å²) in [5.41, 5.74) is 2.25. The monoisotopic (exact) mass is 439 g/mol. The zero-order valence-corrected chi connectivity index (χ0v) is 18.1. The summed E-state index contributed by atoms with van der Waals surface area (Å²) >= 11 is 8.07. The van der Waals surface area contributed by atoms with Crippen LogP contribution in [0.25, 0.3) is 10.2 Å². The maximum Gasteiger partial charge on any atom is 0.253 e. The Morgan fingerprint density at radius 1 is 1.13 bits per heavy atom. The topological polar surface area (TPSA) is 53.5 Å². The number of nitrogens with zero attached hydrogens (tertiary/aromatic N) is 3. The zero-order valence-electron chi connectivity index (χ0n) is 16.5. The minimum atomic E-state index is -0.00891. The lowest BCUT2D eigenvalue weighted by Gasteiger charge is -2.32. The number of thiazole rings is 1. The van der Waals surface area contributed by atoms with Gasteiger partial charge in [0.2, 0.25) is 5.91 Å². The van der Waals surface area contributed by atoms with Crippen molar-refractivity contribution >= 4 is 50.7 Å². The first-order valence-corrected chi connectivity index (χ1v) is 11.5. The van der Waals surface area contributed by atoms with Gasteiger partial charge in [-0.25, -0.2) is 4.98 Å². The Balaban J connectivity index is 1.37. The Labute approximate surface area is 184 Å².